The molecule has 1 aliphatic carbocycles. The number of nitrogens with zero attached hydrogens (tertiary/aromatic N) is 1. The number of carbonyl (C=O) groups excluding carboxylic acids is 2. The van der Waals surface area contributed by atoms with E-state index >= 15 is 0 Å². The number of rotatable bonds is 11. The van der Waals surface area contributed by atoms with Crippen molar-refractivity contribution in [3.8, 4) is 0 Å². The fourth-order valence-electron chi connectivity index (χ4n) is 3.61. The summed E-state index contributed by atoms with van der Waals surface area (Å²) in [4.78, 5) is 27.3. The van der Waals surface area contributed by atoms with Crippen molar-refractivity contribution in [1.29, 1.82) is 0 Å². The van der Waals surface area contributed by atoms with E-state index in [4.69, 9.17) is 5.73 Å². The first-order valence-electron chi connectivity index (χ1n) is 10.8. The maximum Gasteiger partial charge on any atom is 0.251 e. The molecule has 0 heterocycles. The number of hydrogen-bond donors (Lipinski definition) is 4. The van der Waals surface area contributed by atoms with Crippen LogP contribution in [0.2, 0.25) is 0 Å². The molecule has 2 amide bonds. The molecule has 1 aromatic carbocycles. The number of aliphatic imine (C=N–C) groups is 1. The summed E-state index contributed by atoms with van der Waals surface area (Å²) in [5.41, 5.74) is 6.54. The van der Waals surface area contributed by atoms with Crippen LogP contribution < -0.4 is 21.7 Å². The molecule has 0 aliphatic heterocycles. The maximum atomic E-state index is 11.9. The largest absolute Gasteiger partial charge is 0.368 e. The average Bonchev–Trinajstić information content (AvgIpc) is 3.23. The second-order valence-corrected chi connectivity index (χ2v) is 7.61. The van der Waals surface area contributed by atoms with Gasteiger partial charge in [0.05, 0.1) is 13.1 Å². The molecule has 0 atom stereocenters. The number of carbonyl (C=O) groups is 2. The van der Waals surface area contributed by atoms with E-state index in [1.807, 2.05) is 12.1 Å². The lowest BCUT2D eigenvalue weighted by Gasteiger charge is -2.12. The normalized spacial score (nSPS) is 14.1. The summed E-state index contributed by atoms with van der Waals surface area (Å²) >= 11 is 0. The van der Waals surface area contributed by atoms with Crippen molar-refractivity contribution in [1.82, 2.24) is 16.0 Å². The Labute approximate surface area is 197 Å². The van der Waals surface area contributed by atoms with Gasteiger partial charge in [0.1, 0.15) is 0 Å². The van der Waals surface area contributed by atoms with Crippen LogP contribution in [0.5, 0.6) is 0 Å². The maximum absolute atomic E-state index is 11.9. The number of benzene rings is 1. The Bertz CT molecular complexity index is 673. The minimum absolute atomic E-state index is 0. The van der Waals surface area contributed by atoms with Gasteiger partial charge in [-0.1, -0.05) is 50.7 Å². The monoisotopic (exact) mass is 529 g/mol. The molecule has 0 aromatic heterocycles. The van der Waals surface area contributed by atoms with Crippen molar-refractivity contribution in [2.75, 3.05) is 19.6 Å². The number of nitrogens with one attached hydrogen (secondary N) is 3. The number of nitrogens with two attached hydrogens (primary N) is 1. The Morgan fingerprint density at radius 1 is 1.07 bits per heavy atom. The van der Waals surface area contributed by atoms with Gasteiger partial charge in [0, 0.05) is 18.7 Å². The first kappa shape index (κ1) is 26.2. The highest BCUT2D eigenvalue weighted by Crippen LogP contribution is 2.28. The molecule has 1 aliphatic rings. The number of hydrogen-bond acceptors (Lipinski definition) is 3. The zero-order valence-electron chi connectivity index (χ0n) is 17.9. The standard InChI is InChI=1S/C22H35N5O2.HI/c1-2-24-22(25-14-6-5-9-17-7-3-4-8-17)27-15-18-10-12-19(13-11-18)21(29)26-16-20(23)28;/h10-13,17H,2-9,14-16H2,1H3,(H2,23,28)(H,26,29)(H2,24,25,27);1H. The van der Waals surface area contributed by atoms with E-state index in [1.54, 1.807) is 12.1 Å². The molecule has 0 unspecified atom stereocenters. The highest BCUT2D eigenvalue weighted by Gasteiger charge is 2.13. The van der Waals surface area contributed by atoms with E-state index in [0.717, 1.165) is 37.0 Å². The molecule has 0 spiro atoms. The van der Waals surface area contributed by atoms with Gasteiger partial charge < -0.3 is 21.7 Å². The Kier molecular flexibility index (Phi) is 13.1. The van der Waals surface area contributed by atoms with Gasteiger partial charge in [-0.25, -0.2) is 4.99 Å². The van der Waals surface area contributed by atoms with Crippen molar-refractivity contribution in [2.24, 2.45) is 16.6 Å². The van der Waals surface area contributed by atoms with Gasteiger partial charge in [-0.05, 0) is 37.0 Å². The number of amides is 2. The number of guanidine groups is 1. The van der Waals surface area contributed by atoms with Crippen molar-refractivity contribution < 1.29 is 9.59 Å². The lowest BCUT2D eigenvalue weighted by Crippen LogP contribution is -2.37. The molecule has 5 N–H and O–H groups in total. The van der Waals surface area contributed by atoms with Gasteiger partial charge >= 0.3 is 0 Å². The third-order valence-electron chi connectivity index (χ3n) is 5.21. The minimum atomic E-state index is -0.564. The molecule has 30 heavy (non-hydrogen) atoms. The number of unbranched alkanes of at least 4 members (excludes halogenated alkanes) is 1. The summed E-state index contributed by atoms with van der Waals surface area (Å²) in [7, 11) is 0. The minimum Gasteiger partial charge on any atom is -0.368 e. The molecule has 1 saturated carbocycles. The summed E-state index contributed by atoms with van der Waals surface area (Å²) in [5, 5.41) is 9.15. The molecule has 2 rings (SSSR count). The molecular weight excluding hydrogens is 493 g/mol. The second-order valence-electron chi connectivity index (χ2n) is 7.61. The average molecular weight is 529 g/mol. The van der Waals surface area contributed by atoms with Gasteiger partial charge in [0.2, 0.25) is 5.91 Å². The van der Waals surface area contributed by atoms with Crippen molar-refractivity contribution in [2.45, 2.75) is 58.4 Å². The third-order valence-corrected chi connectivity index (χ3v) is 5.21. The van der Waals surface area contributed by atoms with E-state index in [2.05, 4.69) is 27.9 Å². The Balaban J connectivity index is 0.00000450. The summed E-state index contributed by atoms with van der Waals surface area (Å²) < 4.78 is 0. The molecule has 0 saturated heterocycles. The summed E-state index contributed by atoms with van der Waals surface area (Å²) in [5.74, 6) is 0.896. The first-order valence-corrected chi connectivity index (χ1v) is 10.8. The van der Waals surface area contributed by atoms with E-state index < -0.39 is 5.91 Å². The Morgan fingerprint density at radius 3 is 2.40 bits per heavy atom. The Hall–Kier alpha value is -1.84. The summed E-state index contributed by atoms with van der Waals surface area (Å²) in [6.45, 7) is 4.16. The van der Waals surface area contributed by atoms with Crippen LogP contribution in [0.3, 0.4) is 0 Å². The van der Waals surface area contributed by atoms with Crippen molar-refractivity contribution in [3.05, 3.63) is 35.4 Å². The topological polar surface area (TPSA) is 109 Å². The quantitative estimate of drug-likeness (QED) is 0.153. The lowest BCUT2D eigenvalue weighted by molar-refractivity contribution is -0.117. The van der Waals surface area contributed by atoms with Gasteiger partial charge in [-0.3, -0.25) is 9.59 Å². The molecule has 0 radical (unpaired) electrons. The van der Waals surface area contributed by atoms with Crippen molar-refractivity contribution >= 4 is 41.8 Å². The molecule has 7 nitrogen and oxygen atoms in total. The van der Waals surface area contributed by atoms with Crippen LogP contribution >= 0.6 is 24.0 Å². The predicted octanol–water partition coefficient (Wildman–Crippen LogP) is 2.94. The lowest BCUT2D eigenvalue weighted by atomic mass is 10.0. The molecule has 1 fully saturated rings. The third kappa shape index (κ3) is 10.3. The molecular formula is C22H36IN5O2. The van der Waals surface area contributed by atoms with Gasteiger partial charge in [0.15, 0.2) is 5.96 Å². The van der Waals surface area contributed by atoms with Crippen molar-refractivity contribution in [3.63, 3.8) is 0 Å². The van der Waals surface area contributed by atoms with Crippen LogP contribution in [0.25, 0.3) is 0 Å². The smallest absolute Gasteiger partial charge is 0.251 e. The zero-order valence-corrected chi connectivity index (χ0v) is 20.2. The predicted molar refractivity (Wildman–Crippen MR) is 132 cm³/mol. The van der Waals surface area contributed by atoms with Gasteiger partial charge in [-0.2, -0.15) is 0 Å². The molecule has 1 aromatic rings. The number of halogens is 1. The van der Waals surface area contributed by atoms with Crippen LogP contribution in [0, 0.1) is 5.92 Å². The van der Waals surface area contributed by atoms with Gasteiger partial charge in [0.25, 0.3) is 5.91 Å². The molecule has 0 bridgehead atoms. The van der Waals surface area contributed by atoms with Crippen LogP contribution in [-0.2, 0) is 11.3 Å². The van der Waals surface area contributed by atoms with Crippen LogP contribution in [0.1, 0.15) is 67.8 Å². The van der Waals surface area contributed by atoms with E-state index in [-0.39, 0.29) is 36.4 Å². The van der Waals surface area contributed by atoms with Crippen LogP contribution in [0.4, 0.5) is 0 Å². The van der Waals surface area contributed by atoms with E-state index in [0.29, 0.717) is 12.1 Å². The number of primary amides is 1. The summed E-state index contributed by atoms with van der Waals surface area (Å²) in [6, 6.07) is 7.19. The highest BCUT2D eigenvalue weighted by molar-refractivity contribution is 14.0. The van der Waals surface area contributed by atoms with Gasteiger partial charge in [-0.15, -0.1) is 24.0 Å². The zero-order chi connectivity index (χ0) is 20.9. The second kappa shape index (κ2) is 15.0. The first-order chi connectivity index (χ1) is 14.1. The SMILES string of the molecule is CCNC(=NCc1ccc(C(=O)NCC(N)=O)cc1)NCCCCC1CCCC1.I. The van der Waals surface area contributed by atoms with E-state index in [9.17, 15) is 9.59 Å². The molecule has 168 valence electrons. The van der Waals surface area contributed by atoms with Crippen LogP contribution in [-0.4, -0.2) is 37.4 Å². The highest BCUT2D eigenvalue weighted by atomic mass is 127. The fraction of sp³-hybridized carbons (Fsp3) is 0.591. The summed E-state index contributed by atoms with van der Waals surface area (Å²) in [6.07, 6.45) is 9.46. The molecule has 8 heteroatoms. The Morgan fingerprint density at radius 2 is 1.77 bits per heavy atom. The van der Waals surface area contributed by atoms with E-state index in [1.165, 1.54) is 38.5 Å². The van der Waals surface area contributed by atoms with Crippen LogP contribution in [0.15, 0.2) is 29.3 Å². The fourth-order valence-corrected chi connectivity index (χ4v) is 3.61.